The van der Waals surface area contributed by atoms with Gasteiger partial charge in [0.05, 0.1) is 0 Å². The molecule has 0 aromatic carbocycles. The molecule has 0 aromatic heterocycles. The molecule has 0 bridgehead atoms. The summed E-state index contributed by atoms with van der Waals surface area (Å²) in [6.07, 6.45) is -0.740. The van der Waals surface area contributed by atoms with Gasteiger partial charge in [0.25, 0.3) is 0 Å². The summed E-state index contributed by atoms with van der Waals surface area (Å²) in [6.45, 7) is 7.05. The Bertz CT molecular complexity index is 303. The zero-order valence-electron chi connectivity index (χ0n) is 11.8. The molecule has 0 radical (unpaired) electrons. The Kier molecular flexibility index (Phi) is 7.85. The molecule has 0 heterocycles. The van der Waals surface area contributed by atoms with Crippen LogP contribution in [-0.4, -0.2) is 52.0 Å². The van der Waals surface area contributed by atoms with Crippen LogP contribution < -0.4 is 5.32 Å². The molecule has 0 fully saturated rings. The highest BCUT2D eigenvalue weighted by molar-refractivity contribution is 7.99. The average Bonchev–Trinajstić information content (AvgIpc) is 2.24. The summed E-state index contributed by atoms with van der Waals surface area (Å²) in [5.41, 5.74) is -0.661. The van der Waals surface area contributed by atoms with E-state index >= 15 is 0 Å². The number of carbonyl (C=O) groups is 2. The van der Waals surface area contributed by atoms with Crippen molar-refractivity contribution >= 4 is 23.8 Å². The van der Waals surface area contributed by atoms with Gasteiger partial charge < -0.3 is 20.3 Å². The van der Waals surface area contributed by atoms with Gasteiger partial charge in [0.15, 0.2) is 0 Å². The summed E-state index contributed by atoms with van der Waals surface area (Å²) in [5, 5.41) is 20.2. The number of aliphatic hydroxyl groups is 1. The van der Waals surface area contributed by atoms with Crippen LogP contribution in [0.2, 0.25) is 0 Å². The van der Waals surface area contributed by atoms with E-state index in [0.717, 1.165) is 0 Å². The minimum absolute atomic E-state index is 0.0598. The topological polar surface area (TPSA) is 95.9 Å². The third-order valence-corrected chi connectivity index (χ3v) is 3.36. The first kappa shape index (κ1) is 18.0. The van der Waals surface area contributed by atoms with Crippen LogP contribution in [0.5, 0.6) is 0 Å². The number of hydrogen-bond acceptors (Lipinski definition) is 5. The maximum atomic E-state index is 11.5. The van der Waals surface area contributed by atoms with E-state index in [1.54, 1.807) is 20.8 Å². The van der Waals surface area contributed by atoms with E-state index in [1.165, 1.54) is 11.8 Å². The number of carbonyl (C=O) groups excluding carboxylic acids is 1. The number of hydrogen-bond donors (Lipinski definition) is 3. The van der Waals surface area contributed by atoms with Crippen LogP contribution in [0.15, 0.2) is 0 Å². The van der Waals surface area contributed by atoms with Gasteiger partial charge in [-0.05, 0) is 32.4 Å². The van der Waals surface area contributed by atoms with E-state index in [1.807, 2.05) is 6.92 Å². The first-order valence-corrected chi connectivity index (χ1v) is 7.22. The molecular formula is C12H23NO5S. The van der Waals surface area contributed by atoms with E-state index in [-0.39, 0.29) is 18.3 Å². The molecule has 0 aromatic rings. The maximum absolute atomic E-state index is 11.5. The first-order valence-electron chi connectivity index (χ1n) is 6.06. The summed E-state index contributed by atoms with van der Waals surface area (Å²) < 4.78 is 5.00. The third kappa shape index (κ3) is 9.61. The van der Waals surface area contributed by atoms with Crippen LogP contribution in [0.4, 0.5) is 4.79 Å². The maximum Gasteiger partial charge on any atom is 0.408 e. The second-order valence-electron chi connectivity index (χ2n) is 5.36. The lowest BCUT2D eigenvalue weighted by atomic mass is 10.2. The molecule has 2 unspecified atom stereocenters. The molecule has 6 nitrogen and oxygen atoms in total. The average molecular weight is 293 g/mol. The van der Waals surface area contributed by atoms with E-state index in [2.05, 4.69) is 5.32 Å². The number of alkyl carbamates (subject to hydrolysis) is 1. The number of amides is 1. The predicted molar refractivity (Wildman–Crippen MR) is 74.4 cm³/mol. The van der Waals surface area contributed by atoms with Crippen LogP contribution >= 0.6 is 11.8 Å². The fraction of sp³-hybridized carbons (Fsp3) is 0.833. The van der Waals surface area contributed by atoms with Crippen molar-refractivity contribution in [2.24, 2.45) is 5.92 Å². The molecule has 0 saturated carbocycles. The second kappa shape index (κ2) is 8.27. The number of carboxylic acid groups (broad SMARTS) is 1. The van der Waals surface area contributed by atoms with Crippen LogP contribution in [0, 0.1) is 5.92 Å². The second-order valence-corrected chi connectivity index (χ2v) is 6.44. The minimum Gasteiger partial charge on any atom is -0.480 e. The van der Waals surface area contributed by atoms with Crippen molar-refractivity contribution in [3.63, 3.8) is 0 Å². The lowest BCUT2D eigenvalue weighted by Crippen LogP contribution is -2.45. The Hall–Kier alpha value is -0.950. The summed E-state index contributed by atoms with van der Waals surface area (Å²) in [5.74, 6) is -0.133. The van der Waals surface area contributed by atoms with Crippen molar-refractivity contribution < 1.29 is 24.5 Å². The number of ether oxygens (including phenoxy) is 1. The van der Waals surface area contributed by atoms with E-state index in [9.17, 15) is 9.59 Å². The Labute approximate surface area is 117 Å². The van der Waals surface area contributed by atoms with Crippen molar-refractivity contribution in [2.45, 2.75) is 39.3 Å². The predicted octanol–water partition coefficient (Wildman–Crippen LogP) is 1.33. The Balaban J connectivity index is 4.20. The molecule has 112 valence electrons. The molecule has 0 rings (SSSR count). The lowest BCUT2D eigenvalue weighted by Gasteiger charge is -2.22. The Morgan fingerprint density at radius 3 is 2.32 bits per heavy atom. The van der Waals surface area contributed by atoms with Crippen LogP contribution in [-0.2, 0) is 9.53 Å². The molecule has 0 spiro atoms. The van der Waals surface area contributed by atoms with Gasteiger partial charge in [-0.2, -0.15) is 11.8 Å². The van der Waals surface area contributed by atoms with Gasteiger partial charge in [-0.25, -0.2) is 9.59 Å². The lowest BCUT2D eigenvalue weighted by molar-refractivity contribution is -0.138. The van der Waals surface area contributed by atoms with Crippen molar-refractivity contribution in [3.05, 3.63) is 0 Å². The largest absolute Gasteiger partial charge is 0.480 e. The highest BCUT2D eigenvalue weighted by atomic mass is 32.2. The molecule has 0 aliphatic rings. The first-order chi connectivity index (χ1) is 8.65. The zero-order valence-corrected chi connectivity index (χ0v) is 12.6. The molecule has 19 heavy (non-hydrogen) atoms. The fourth-order valence-corrected chi connectivity index (χ4v) is 2.17. The highest BCUT2D eigenvalue weighted by Crippen LogP contribution is 2.11. The number of nitrogens with one attached hydrogen (secondary N) is 1. The zero-order chi connectivity index (χ0) is 15.1. The van der Waals surface area contributed by atoms with Crippen molar-refractivity contribution in [2.75, 3.05) is 18.1 Å². The molecular weight excluding hydrogens is 270 g/mol. The van der Waals surface area contributed by atoms with Gasteiger partial charge in [0.2, 0.25) is 0 Å². The monoisotopic (exact) mass is 293 g/mol. The fourth-order valence-electron chi connectivity index (χ4n) is 1.06. The summed E-state index contributed by atoms with van der Waals surface area (Å²) in [4.78, 5) is 22.5. The van der Waals surface area contributed by atoms with Gasteiger partial charge in [0.1, 0.15) is 11.6 Å². The smallest absolute Gasteiger partial charge is 0.408 e. The SMILES string of the molecule is CC(CO)CSCC(NC(=O)OC(C)(C)C)C(=O)O. The van der Waals surface area contributed by atoms with Crippen LogP contribution in [0.3, 0.4) is 0 Å². The normalized spacial score (nSPS) is 14.6. The number of aliphatic hydroxyl groups excluding tert-OH is 1. The van der Waals surface area contributed by atoms with Gasteiger partial charge >= 0.3 is 12.1 Å². The summed E-state index contributed by atoms with van der Waals surface area (Å²) >= 11 is 1.37. The summed E-state index contributed by atoms with van der Waals surface area (Å²) in [7, 11) is 0. The molecule has 7 heteroatoms. The number of thioether (sulfide) groups is 1. The molecule has 2 atom stereocenters. The minimum atomic E-state index is -1.10. The number of aliphatic carboxylic acids is 1. The molecule has 0 aliphatic heterocycles. The standard InChI is InChI=1S/C12H23NO5S/c1-8(5-14)6-19-7-9(10(15)16)13-11(17)18-12(2,3)4/h8-9,14H,5-7H2,1-4H3,(H,13,17)(H,15,16). The highest BCUT2D eigenvalue weighted by Gasteiger charge is 2.23. The molecule has 3 N–H and O–H groups in total. The Morgan fingerprint density at radius 1 is 1.32 bits per heavy atom. The Morgan fingerprint density at radius 2 is 1.89 bits per heavy atom. The summed E-state index contributed by atoms with van der Waals surface area (Å²) in [6, 6.07) is -0.995. The van der Waals surface area contributed by atoms with Crippen LogP contribution in [0.25, 0.3) is 0 Å². The number of carboxylic acids is 1. The quantitative estimate of drug-likeness (QED) is 0.655. The van der Waals surface area contributed by atoms with Crippen molar-refractivity contribution in [1.82, 2.24) is 5.32 Å². The van der Waals surface area contributed by atoms with Crippen LogP contribution in [0.1, 0.15) is 27.7 Å². The molecule has 0 saturated heterocycles. The van der Waals surface area contributed by atoms with E-state index in [0.29, 0.717) is 5.75 Å². The van der Waals surface area contributed by atoms with E-state index < -0.39 is 23.7 Å². The van der Waals surface area contributed by atoms with Gasteiger partial charge in [-0.3, -0.25) is 0 Å². The molecule has 1 amide bonds. The molecule has 0 aliphatic carbocycles. The van der Waals surface area contributed by atoms with Gasteiger partial charge in [-0.1, -0.05) is 6.92 Å². The van der Waals surface area contributed by atoms with Gasteiger partial charge in [-0.15, -0.1) is 0 Å². The third-order valence-electron chi connectivity index (χ3n) is 1.99. The van der Waals surface area contributed by atoms with Gasteiger partial charge in [0, 0.05) is 12.4 Å². The van der Waals surface area contributed by atoms with E-state index in [4.69, 9.17) is 14.9 Å². The number of rotatable bonds is 7. The van der Waals surface area contributed by atoms with Crippen molar-refractivity contribution in [1.29, 1.82) is 0 Å². The van der Waals surface area contributed by atoms with Crippen molar-refractivity contribution in [3.8, 4) is 0 Å².